The Labute approximate surface area is 92.5 Å². The van der Waals surface area contributed by atoms with Crippen LogP contribution in [0, 0.1) is 0 Å². The highest BCUT2D eigenvalue weighted by atomic mass is 32.2. The molecule has 0 atom stereocenters. The minimum absolute atomic E-state index is 1.04. The highest BCUT2D eigenvalue weighted by molar-refractivity contribution is 7.98. The van der Waals surface area contributed by atoms with Gasteiger partial charge < -0.3 is 0 Å². The Bertz CT molecular complexity index is 244. The van der Waals surface area contributed by atoms with Crippen LogP contribution in [0.2, 0.25) is 0 Å². The maximum absolute atomic E-state index is 3.91. The van der Waals surface area contributed by atoms with Gasteiger partial charge in [0.2, 0.25) is 0 Å². The zero-order valence-electron chi connectivity index (χ0n) is 9.42. The van der Waals surface area contributed by atoms with Crippen LogP contribution >= 0.6 is 11.8 Å². The molecule has 0 aromatic heterocycles. The lowest BCUT2D eigenvalue weighted by atomic mass is 10.2. The predicted octanol–water partition coefficient (Wildman–Crippen LogP) is 4.37. The number of hydrogen-bond acceptors (Lipinski definition) is 1. The Kier molecular flexibility index (Phi) is 8.45. The Morgan fingerprint density at radius 3 is 2.57 bits per heavy atom. The first-order valence-corrected chi connectivity index (χ1v) is 6.30. The van der Waals surface area contributed by atoms with Crippen LogP contribution in [0.4, 0.5) is 0 Å². The van der Waals surface area contributed by atoms with Gasteiger partial charge in [-0.1, -0.05) is 49.5 Å². The van der Waals surface area contributed by atoms with Gasteiger partial charge in [0.05, 0.1) is 0 Å². The molecule has 0 amide bonds. The van der Waals surface area contributed by atoms with E-state index in [4.69, 9.17) is 0 Å². The first kappa shape index (κ1) is 13.3. The van der Waals surface area contributed by atoms with Crippen LogP contribution in [-0.2, 0) is 0 Å². The largest absolute Gasteiger partial charge is 0.161 e. The van der Waals surface area contributed by atoms with Crippen molar-refractivity contribution in [2.75, 3.05) is 12.0 Å². The molecule has 0 bridgehead atoms. The van der Waals surface area contributed by atoms with Crippen molar-refractivity contribution in [3.05, 3.63) is 48.1 Å². The molecule has 0 aliphatic carbocycles. The maximum atomic E-state index is 3.91. The molecule has 0 aromatic rings. The third-order valence-electron chi connectivity index (χ3n) is 1.81. The monoisotopic (exact) mass is 208 g/mol. The maximum Gasteiger partial charge on any atom is 0.0143 e. The van der Waals surface area contributed by atoms with Crippen LogP contribution in [0.3, 0.4) is 0 Å². The molecule has 1 heteroatoms. The Hall–Kier alpha value is -0.690. The summed E-state index contributed by atoms with van der Waals surface area (Å²) in [6.45, 7) is 8.10. The van der Waals surface area contributed by atoms with Gasteiger partial charge in [-0.25, -0.2) is 0 Å². The van der Waals surface area contributed by atoms with Gasteiger partial charge in [-0.3, -0.25) is 0 Å². The molecule has 78 valence electrons. The lowest BCUT2D eigenvalue weighted by Crippen LogP contribution is -1.83. The lowest BCUT2D eigenvalue weighted by Gasteiger charge is -1.98. The molecule has 0 heterocycles. The van der Waals surface area contributed by atoms with Crippen molar-refractivity contribution < 1.29 is 0 Å². The second-order valence-corrected chi connectivity index (χ2v) is 3.91. The van der Waals surface area contributed by atoms with E-state index in [1.807, 2.05) is 36.9 Å². The average Bonchev–Trinajstić information content (AvgIpc) is 2.17. The van der Waals surface area contributed by atoms with Crippen LogP contribution in [0.15, 0.2) is 48.1 Å². The lowest BCUT2D eigenvalue weighted by molar-refractivity contribution is 1.11. The van der Waals surface area contributed by atoms with Crippen molar-refractivity contribution in [3.63, 3.8) is 0 Å². The fourth-order valence-electron chi connectivity index (χ4n) is 1.03. The van der Waals surface area contributed by atoms with Crippen molar-refractivity contribution in [3.8, 4) is 0 Å². The van der Waals surface area contributed by atoms with Gasteiger partial charge in [-0.2, -0.15) is 11.8 Å². The molecule has 0 saturated carbocycles. The van der Waals surface area contributed by atoms with E-state index in [-0.39, 0.29) is 0 Å². The molecule has 0 aliphatic rings. The van der Waals surface area contributed by atoms with Crippen molar-refractivity contribution >= 4 is 11.8 Å². The Balaban J connectivity index is 4.16. The third kappa shape index (κ3) is 6.79. The quantitative estimate of drug-likeness (QED) is 0.584. The molecule has 0 radical (unpaired) electrons. The van der Waals surface area contributed by atoms with Crippen LogP contribution in [-0.4, -0.2) is 12.0 Å². The number of thioether (sulfide) groups is 1. The minimum atomic E-state index is 1.04. The SMILES string of the molecule is C=C(/C=C\C)/C=C/C=C(/CC)CSC. The molecular weight excluding hydrogens is 188 g/mol. The van der Waals surface area contributed by atoms with Crippen molar-refractivity contribution in [1.82, 2.24) is 0 Å². The Morgan fingerprint density at radius 1 is 1.36 bits per heavy atom. The summed E-state index contributed by atoms with van der Waals surface area (Å²) in [4.78, 5) is 0. The third-order valence-corrected chi connectivity index (χ3v) is 2.47. The van der Waals surface area contributed by atoms with Gasteiger partial charge in [0, 0.05) is 5.75 Å². The van der Waals surface area contributed by atoms with E-state index in [2.05, 4.69) is 31.9 Å². The first-order valence-electron chi connectivity index (χ1n) is 4.91. The van der Waals surface area contributed by atoms with Gasteiger partial charge in [0.25, 0.3) is 0 Å². The second-order valence-electron chi connectivity index (χ2n) is 3.05. The summed E-state index contributed by atoms with van der Waals surface area (Å²) in [6.07, 6.45) is 13.6. The predicted molar refractivity (Wildman–Crippen MR) is 69.9 cm³/mol. The van der Waals surface area contributed by atoms with E-state index in [0.717, 1.165) is 17.7 Å². The fraction of sp³-hybridized carbons (Fsp3) is 0.385. The summed E-state index contributed by atoms with van der Waals surface area (Å²) in [6, 6.07) is 0. The zero-order chi connectivity index (χ0) is 10.8. The Morgan fingerprint density at radius 2 is 2.07 bits per heavy atom. The van der Waals surface area contributed by atoms with Crippen LogP contribution in [0.5, 0.6) is 0 Å². The molecule has 0 spiro atoms. The van der Waals surface area contributed by atoms with E-state index in [1.165, 1.54) is 5.57 Å². The molecule has 0 aliphatic heterocycles. The van der Waals surface area contributed by atoms with Crippen molar-refractivity contribution in [1.29, 1.82) is 0 Å². The van der Waals surface area contributed by atoms with E-state index in [1.54, 1.807) is 0 Å². The van der Waals surface area contributed by atoms with Crippen LogP contribution < -0.4 is 0 Å². The summed E-state index contributed by atoms with van der Waals surface area (Å²) in [5, 5.41) is 0. The second kappa shape index (κ2) is 8.89. The molecule has 0 fully saturated rings. The number of allylic oxidation sites excluding steroid dienone is 6. The van der Waals surface area contributed by atoms with Gasteiger partial charge in [-0.05, 0) is 25.2 Å². The molecule has 0 N–H and O–H groups in total. The summed E-state index contributed by atoms with van der Waals surface area (Å²) < 4.78 is 0. The summed E-state index contributed by atoms with van der Waals surface area (Å²) in [5.74, 6) is 1.12. The van der Waals surface area contributed by atoms with Crippen LogP contribution in [0.25, 0.3) is 0 Å². The standard InChI is InChI=1S/C13H20S/c1-5-8-12(3)9-7-10-13(6-2)11-14-4/h5,7-10H,3,6,11H2,1-2,4H3/b8-5-,9-7+,13-10-. The number of rotatable bonds is 6. The summed E-state index contributed by atoms with van der Waals surface area (Å²) >= 11 is 1.86. The van der Waals surface area contributed by atoms with Crippen molar-refractivity contribution in [2.24, 2.45) is 0 Å². The number of hydrogen-bond donors (Lipinski definition) is 0. The van der Waals surface area contributed by atoms with E-state index in [9.17, 15) is 0 Å². The minimum Gasteiger partial charge on any atom is -0.161 e. The molecular formula is C13H20S. The molecule has 0 nitrogen and oxygen atoms in total. The summed E-state index contributed by atoms with van der Waals surface area (Å²) in [7, 11) is 0. The average molecular weight is 208 g/mol. The molecule has 0 aromatic carbocycles. The topological polar surface area (TPSA) is 0 Å². The zero-order valence-corrected chi connectivity index (χ0v) is 10.2. The fourth-order valence-corrected chi connectivity index (χ4v) is 1.70. The molecule has 0 unspecified atom stereocenters. The summed E-state index contributed by atoms with van der Waals surface area (Å²) in [5.41, 5.74) is 2.52. The normalized spacial score (nSPS) is 12.9. The van der Waals surface area contributed by atoms with Gasteiger partial charge in [-0.15, -0.1) is 0 Å². The van der Waals surface area contributed by atoms with Crippen molar-refractivity contribution in [2.45, 2.75) is 20.3 Å². The van der Waals surface area contributed by atoms with Gasteiger partial charge in [0.1, 0.15) is 0 Å². The molecule has 14 heavy (non-hydrogen) atoms. The highest BCUT2D eigenvalue weighted by Crippen LogP contribution is 2.08. The van der Waals surface area contributed by atoms with E-state index >= 15 is 0 Å². The van der Waals surface area contributed by atoms with E-state index in [0.29, 0.717) is 0 Å². The smallest absolute Gasteiger partial charge is 0.0143 e. The van der Waals surface area contributed by atoms with Gasteiger partial charge >= 0.3 is 0 Å². The highest BCUT2D eigenvalue weighted by Gasteiger charge is 1.89. The van der Waals surface area contributed by atoms with Crippen LogP contribution in [0.1, 0.15) is 20.3 Å². The molecule has 0 saturated heterocycles. The van der Waals surface area contributed by atoms with E-state index < -0.39 is 0 Å². The first-order chi connectivity index (χ1) is 6.74. The molecule has 0 rings (SSSR count). The van der Waals surface area contributed by atoms with Gasteiger partial charge in [0.15, 0.2) is 0 Å².